The molecule has 0 saturated heterocycles. The molecule has 0 radical (unpaired) electrons. The number of rotatable bonds is 3. The molecule has 0 atom stereocenters. The first-order valence-electron chi connectivity index (χ1n) is 3.70. The highest BCUT2D eigenvalue weighted by atomic mass is 14.0. The van der Waals surface area contributed by atoms with Gasteiger partial charge in [0.1, 0.15) is 0 Å². The number of hydrogen-bond acceptors (Lipinski definition) is 0. The summed E-state index contributed by atoms with van der Waals surface area (Å²) < 4.78 is 0. The van der Waals surface area contributed by atoms with Gasteiger partial charge < -0.3 is 0 Å². The zero-order valence-corrected chi connectivity index (χ0v) is 7.15. The third-order valence-corrected chi connectivity index (χ3v) is 1.42. The average molecular weight is 136 g/mol. The second-order valence-corrected chi connectivity index (χ2v) is 2.35. The van der Waals surface area contributed by atoms with Crippen LogP contribution in [0.1, 0.15) is 27.2 Å². The molecule has 0 heteroatoms. The van der Waals surface area contributed by atoms with Gasteiger partial charge in [0.25, 0.3) is 0 Å². The van der Waals surface area contributed by atoms with E-state index in [9.17, 15) is 0 Å². The first-order chi connectivity index (χ1) is 4.72. The zero-order chi connectivity index (χ0) is 7.98. The Morgan fingerprint density at radius 2 is 2.10 bits per heavy atom. The molecular formula is C10H16. The Morgan fingerprint density at radius 3 is 2.40 bits per heavy atom. The fourth-order valence-corrected chi connectivity index (χ4v) is 0.774. The highest BCUT2D eigenvalue weighted by Crippen LogP contribution is 2.10. The van der Waals surface area contributed by atoms with Gasteiger partial charge >= 0.3 is 0 Å². The van der Waals surface area contributed by atoms with E-state index in [0.717, 1.165) is 6.42 Å². The number of hydrogen-bond donors (Lipinski definition) is 0. The minimum Gasteiger partial charge on any atom is -0.0958 e. The van der Waals surface area contributed by atoms with Crippen LogP contribution in [0.5, 0.6) is 0 Å². The second-order valence-electron chi connectivity index (χ2n) is 2.35. The molecular weight excluding hydrogens is 120 g/mol. The first kappa shape index (κ1) is 9.22. The van der Waals surface area contributed by atoms with E-state index >= 15 is 0 Å². The molecule has 0 aliphatic rings. The molecule has 0 fully saturated rings. The standard InChI is InChI=1S/C10H16/c1-5-7-8-10(6-2)9(3)4/h5,7-8H,3,6H2,1-2,4H3/b7-5-,10-8+. The third kappa shape index (κ3) is 3.29. The van der Waals surface area contributed by atoms with Crippen molar-refractivity contribution in [2.75, 3.05) is 0 Å². The second kappa shape index (κ2) is 5.04. The fraction of sp³-hybridized carbons (Fsp3) is 0.400. The van der Waals surface area contributed by atoms with Crippen LogP contribution in [0.15, 0.2) is 36.0 Å². The summed E-state index contributed by atoms with van der Waals surface area (Å²) in [5, 5.41) is 0. The van der Waals surface area contributed by atoms with E-state index in [2.05, 4.69) is 19.6 Å². The summed E-state index contributed by atoms with van der Waals surface area (Å²) in [4.78, 5) is 0. The van der Waals surface area contributed by atoms with Crippen molar-refractivity contribution in [1.82, 2.24) is 0 Å². The molecule has 0 nitrogen and oxygen atoms in total. The van der Waals surface area contributed by atoms with Gasteiger partial charge in [0.05, 0.1) is 0 Å². The van der Waals surface area contributed by atoms with Crippen molar-refractivity contribution in [2.24, 2.45) is 0 Å². The van der Waals surface area contributed by atoms with Crippen LogP contribution in [0.2, 0.25) is 0 Å². The molecule has 0 N–H and O–H groups in total. The van der Waals surface area contributed by atoms with E-state index in [1.165, 1.54) is 11.1 Å². The highest BCUT2D eigenvalue weighted by molar-refractivity contribution is 5.29. The van der Waals surface area contributed by atoms with Gasteiger partial charge in [-0.05, 0) is 25.8 Å². The maximum absolute atomic E-state index is 3.88. The van der Waals surface area contributed by atoms with Gasteiger partial charge in [-0.3, -0.25) is 0 Å². The van der Waals surface area contributed by atoms with Gasteiger partial charge in [-0.2, -0.15) is 0 Å². The molecule has 0 aliphatic carbocycles. The first-order valence-corrected chi connectivity index (χ1v) is 3.70. The molecule has 56 valence electrons. The predicted octanol–water partition coefficient (Wildman–Crippen LogP) is 3.48. The molecule has 0 bridgehead atoms. The maximum atomic E-state index is 3.88. The average Bonchev–Trinajstić information content (AvgIpc) is 1.89. The minimum atomic E-state index is 1.07. The van der Waals surface area contributed by atoms with E-state index < -0.39 is 0 Å². The van der Waals surface area contributed by atoms with Crippen LogP contribution in [0, 0.1) is 0 Å². The normalized spacial score (nSPS) is 12.5. The van der Waals surface area contributed by atoms with Crippen molar-refractivity contribution in [3.8, 4) is 0 Å². The van der Waals surface area contributed by atoms with Gasteiger partial charge in [0.2, 0.25) is 0 Å². The van der Waals surface area contributed by atoms with Crippen molar-refractivity contribution in [3.05, 3.63) is 36.0 Å². The van der Waals surface area contributed by atoms with E-state index in [-0.39, 0.29) is 0 Å². The molecule has 0 aromatic rings. The van der Waals surface area contributed by atoms with Crippen molar-refractivity contribution in [2.45, 2.75) is 27.2 Å². The Hall–Kier alpha value is -0.780. The van der Waals surface area contributed by atoms with Gasteiger partial charge in [-0.1, -0.05) is 37.3 Å². The van der Waals surface area contributed by atoms with Gasteiger partial charge in [-0.25, -0.2) is 0 Å². The summed E-state index contributed by atoms with van der Waals surface area (Å²) in [7, 11) is 0. The van der Waals surface area contributed by atoms with E-state index in [1.807, 2.05) is 26.0 Å². The molecule has 0 heterocycles. The molecule has 0 aromatic carbocycles. The molecule has 0 rings (SSSR count). The van der Waals surface area contributed by atoms with Crippen molar-refractivity contribution in [3.63, 3.8) is 0 Å². The van der Waals surface area contributed by atoms with Crippen LogP contribution in [-0.2, 0) is 0 Å². The molecule has 10 heavy (non-hydrogen) atoms. The van der Waals surface area contributed by atoms with Crippen molar-refractivity contribution in [1.29, 1.82) is 0 Å². The molecule has 0 saturated carbocycles. The zero-order valence-electron chi connectivity index (χ0n) is 7.15. The quantitative estimate of drug-likeness (QED) is 0.521. The lowest BCUT2D eigenvalue weighted by atomic mass is 10.1. The number of allylic oxidation sites excluding steroid dienone is 5. The largest absolute Gasteiger partial charge is 0.0958 e. The minimum absolute atomic E-state index is 1.07. The molecule has 0 aromatic heterocycles. The van der Waals surface area contributed by atoms with E-state index in [4.69, 9.17) is 0 Å². The molecule has 0 amide bonds. The predicted molar refractivity (Wildman–Crippen MR) is 48.0 cm³/mol. The smallest absolute Gasteiger partial charge is 0.0305 e. The summed E-state index contributed by atoms with van der Waals surface area (Å²) in [5.74, 6) is 0. The summed E-state index contributed by atoms with van der Waals surface area (Å²) in [6, 6.07) is 0. The van der Waals surface area contributed by atoms with Crippen LogP contribution in [-0.4, -0.2) is 0 Å². The Labute approximate surface area is 64.0 Å². The SMILES string of the molecule is C=C(C)/C(=C/C=C\C)CC. The monoisotopic (exact) mass is 136 g/mol. The summed E-state index contributed by atoms with van der Waals surface area (Å²) in [6.45, 7) is 10.1. The lowest BCUT2D eigenvalue weighted by Gasteiger charge is -1.99. The van der Waals surface area contributed by atoms with Crippen LogP contribution in [0.4, 0.5) is 0 Å². The summed E-state index contributed by atoms with van der Waals surface area (Å²) >= 11 is 0. The lowest BCUT2D eigenvalue weighted by molar-refractivity contribution is 1.11. The topological polar surface area (TPSA) is 0 Å². The fourth-order valence-electron chi connectivity index (χ4n) is 0.774. The third-order valence-electron chi connectivity index (χ3n) is 1.42. The van der Waals surface area contributed by atoms with Gasteiger partial charge in [0, 0.05) is 0 Å². The summed E-state index contributed by atoms with van der Waals surface area (Å²) in [5.41, 5.74) is 2.50. The maximum Gasteiger partial charge on any atom is -0.0305 e. The Balaban J connectivity index is 4.18. The van der Waals surface area contributed by atoms with Crippen LogP contribution in [0.25, 0.3) is 0 Å². The highest BCUT2D eigenvalue weighted by Gasteiger charge is 1.89. The Bertz CT molecular complexity index is 159. The molecule has 0 unspecified atom stereocenters. The Morgan fingerprint density at radius 1 is 1.50 bits per heavy atom. The van der Waals surface area contributed by atoms with E-state index in [0.29, 0.717) is 0 Å². The van der Waals surface area contributed by atoms with Crippen LogP contribution >= 0.6 is 0 Å². The van der Waals surface area contributed by atoms with Crippen molar-refractivity contribution < 1.29 is 0 Å². The summed E-state index contributed by atoms with van der Waals surface area (Å²) in [6.07, 6.45) is 7.26. The molecule has 0 aliphatic heterocycles. The van der Waals surface area contributed by atoms with Gasteiger partial charge in [0.15, 0.2) is 0 Å². The molecule has 0 spiro atoms. The van der Waals surface area contributed by atoms with Crippen LogP contribution in [0.3, 0.4) is 0 Å². The van der Waals surface area contributed by atoms with Crippen LogP contribution < -0.4 is 0 Å². The Kier molecular flexibility index (Phi) is 4.65. The van der Waals surface area contributed by atoms with Crippen molar-refractivity contribution >= 4 is 0 Å². The van der Waals surface area contributed by atoms with E-state index in [1.54, 1.807) is 0 Å². The lowest BCUT2D eigenvalue weighted by Crippen LogP contribution is -1.79. The van der Waals surface area contributed by atoms with Gasteiger partial charge in [-0.15, -0.1) is 0 Å².